The Morgan fingerprint density at radius 1 is 1.48 bits per heavy atom. The first-order valence-corrected chi connectivity index (χ1v) is 8.25. The van der Waals surface area contributed by atoms with E-state index in [4.69, 9.17) is 4.74 Å². The van der Waals surface area contributed by atoms with Crippen LogP contribution < -0.4 is 10.6 Å². The van der Waals surface area contributed by atoms with E-state index in [1.165, 1.54) is 0 Å². The molecule has 7 heteroatoms. The first kappa shape index (κ1) is 17.5. The number of hydrogen-bond donors (Lipinski definition) is 3. The molecule has 0 aromatic carbocycles. The summed E-state index contributed by atoms with van der Waals surface area (Å²) in [7, 11) is 0. The van der Waals surface area contributed by atoms with Crippen LogP contribution >= 0.6 is 0 Å². The summed E-state index contributed by atoms with van der Waals surface area (Å²) >= 11 is 0. The summed E-state index contributed by atoms with van der Waals surface area (Å²) in [6.07, 6.45) is 2.33. The largest absolute Gasteiger partial charge is 0.381 e. The Kier molecular flexibility index (Phi) is 6.58. The SMILES string of the molecule is Cc1cc(N/C(=N\C(=O)CC2CCOCC2)NCC(C)C)n[nH]1. The average Bonchev–Trinajstić information content (AvgIpc) is 2.91. The fraction of sp³-hybridized carbons (Fsp3) is 0.688. The van der Waals surface area contributed by atoms with Crippen LogP contribution in [0.1, 0.15) is 38.8 Å². The summed E-state index contributed by atoms with van der Waals surface area (Å²) in [5.41, 5.74) is 0.948. The second-order valence-electron chi connectivity index (χ2n) is 6.45. The molecule has 7 nitrogen and oxygen atoms in total. The minimum absolute atomic E-state index is 0.108. The van der Waals surface area contributed by atoms with Gasteiger partial charge in [0, 0.05) is 37.9 Å². The molecule has 1 aromatic heterocycles. The van der Waals surface area contributed by atoms with Gasteiger partial charge in [0.1, 0.15) is 0 Å². The predicted molar refractivity (Wildman–Crippen MR) is 90.4 cm³/mol. The Morgan fingerprint density at radius 2 is 2.22 bits per heavy atom. The minimum Gasteiger partial charge on any atom is -0.381 e. The molecule has 0 bridgehead atoms. The van der Waals surface area contributed by atoms with Crippen LogP contribution in [0.25, 0.3) is 0 Å². The first-order chi connectivity index (χ1) is 11.0. The number of aryl methyl sites for hydroxylation is 1. The average molecular weight is 321 g/mol. The number of H-pyrrole nitrogens is 1. The Bertz CT molecular complexity index is 532. The number of rotatable bonds is 5. The van der Waals surface area contributed by atoms with Gasteiger partial charge in [-0.15, -0.1) is 0 Å². The molecule has 0 spiro atoms. The third-order valence-corrected chi connectivity index (χ3v) is 3.67. The van der Waals surface area contributed by atoms with E-state index in [0.29, 0.717) is 30.0 Å². The van der Waals surface area contributed by atoms with Crippen molar-refractivity contribution >= 4 is 17.7 Å². The number of hydrogen-bond acceptors (Lipinski definition) is 3. The van der Waals surface area contributed by atoms with Crippen LogP contribution in [0.3, 0.4) is 0 Å². The quantitative estimate of drug-likeness (QED) is 0.570. The molecular formula is C16H27N5O2. The number of aromatic amines is 1. The maximum atomic E-state index is 12.2. The Hall–Kier alpha value is -1.89. The molecule has 0 radical (unpaired) electrons. The predicted octanol–water partition coefficient (Wildman–Crippen LogP) is 2.07. The standard InChI is InChI=1S/C16H27N5O2/c1-11(2)10-17-16(18-14-8-12(3)20-21-14)19-15(22)9-13-4-6-23-7-5-13/h8,11,13H,4-7,9-10H2,1-3H3,(H3,17,18,19,20,21,22). The molecule has 1 aromatic rings. The van der Waals surface area contributed by atoms with Crippen molar-refractivity contribution in [2.75, 3.05) is 25.1 Å². The summed E-state index contributed by atoms with van der Waals surface area (Å²) in [6.45, 7) is 8.35. The molecule has 0 atom stereocenters. The lowest BCUT2D eigenvalue weighted by molar-refractivity contribution is -0.119. The molecule has 1 fully saturated rings. The fourth-order valence-corrected chi connectivity index (χ4v) is 2.38. The van der Waals surface area contributed by atoms with Gasteiger partial charge in [0.15, 0.2) is 5.82 Å². The Balaban J connectivity index is 1.96. The molecule has 1 aliphatic heterocycles. The number of amides is 1. The molecule has 0 saturated carbocycles. The summed E-state index contributed by atoms with van der Waals surface area (Å²) in [5, 5.41) is 13.2. The number of guanidine groups is 1. The van der Waals surface area contributed by atoms with Gasteiger partial charge in [-0.25, -0.2) is 0 Å². The van der Waals surface area contributed by atoms with Crippen molar-refractivity contribution in [1.29, 1.82) is 0 Å². The van der Waals surface area contributed by atoms with Crippen LogP contribution in [0.15, 0.2) is 11.1 Å². The number of aliphatic imine (C=N–C) groups is 1. The molecule has 0 aliphatic carbocycles. The summed E-state index contributed by atoms with van der Waals surface area (Å²) in [5.74, 6) is 1.83. The van der Waals surface area contributed by atoms with Gasteiger partial charge in [0.2, 0.25) is 11.9 Å². The van der Waals surface area contributed by atoms with Gasteiger partial charge in [-0.05, 0) is 31.6 Å². The molecular weight excluding hydrogens is 294 g/mol. The van der Waals surface area contributed by atoms with Crippen LogP contribution in [0.5, 0.6) is 0 Å². The van der Waals surface area contributed by atoms with E-state index in [0.717, 1.165) is 38.3 Å². The zero-order valence-electron chi connectivity index (χ0n) is 14.2. The molecule has 2 rings (SSSR count). The Labute approximate surface area is 137 Å². The summed E-state index contributed by atoms with van der Waals surface area (Å²) < 4.78 is 5.33. The van der Waals surface area contributed by atoms with Gasteiger partial charge in [-0.2, -0.15) is 10.1 Å². The topological polar surface area (TPSA) is 91.4 Å². The lowest BCUT2D eigenvalue weighted by Crippen LogP contribution is -2.34. The van der Waals surface area contributed by atoms with Crippen molar-refractivity contribution in [3.8, 4) is 0 Å². The maximum Gasteiger partial charge on any atom is 0.249 e. The molecule has 2 heterocycles. The van der Waals surface area contributed by atoms with Crippen molar-refractivity contribution in [1.82, 2.24) is 15.5 Å². The van der Waals surface area contributed by atoms with Gasteiger partial charge >= 0.3 is 0 Å². The molecule has 23 heavy (non-hydrogen) atoms. The van der Waals surface area contributed by atoms with E-state index in [1.807, 2.05) is 13.0 Å². The van der Waals surface area contributed by atoms with E-state index in [2.05, 4.69) is 39.7 Å². The first-order valence-electron chi connectivity index (χ1n) is 8.25. The highest BCUT2D eigenvalue weighted by atomic mass is 16.5. The van der Waals surface area contributed by atoms with Crippen LogP contribution in [0, 0.1) is 18.8 Å². The van der Waals surface area contributed by atoms with Crippen molar-refractivity contribution in [3.05, 3.63) is 11.8 Å². The molecule has 1 aliphatic rings. The lowest BCUT2D eigenvalue weighted by Gasteiger charge is -2.20. The fourth-order valence-electron chi connectivity index (χ4n) is 2.38. The van der Waals surface area contributed by atoms with Gasteiger partial charge < -0.3 is 15.4 Å². The minimum atomic E-state index is -0.108. The van der Waals surface area contributed by atoms with E-state index in [9.17, 15) is 4.79 Å². The zero-order valence-corrected chi connectivity index (χ0v) is 14.2. The van der Waals surface area contributed by atoms with Gasteiger partial charge in [-0.1, -0.05) is 13.8 Å². The van der Waals surface area contributed by atoms with E-state index in [1.54, 1.807) is 0 Å². The smallest absolute Gasteiger partial charge is 0.249 e. The molecule has 1 amide bonds. The molecule has 0 unspecified atom stereocenters. The molecule has 3 N–H and O–H groups in total. The second kappa shape index (κ2) is 8.67. The maximum absolute atomic E-state index is 12.2. The van der Waals surface area contributed by atoms with Crippen molar-refractivity contribution < 1.29 is 9.53 Å². The van der Waals surface area contributed by atoms with Crippen molar-refractivity contribution in [2.24, 2.45) is 16.8 Å². The molecule has 128 valence electrons. The van der Waals surface area contributed by atoms with Gasteiger partial charge in [0.05, 0.1) is 0 Å². The van der Waals surface area contributed by atoms with E-state index in [-0.39, 0.29) is 5.91 Å². The number of anilines is 1. The number of aromatic nitrogens is 2. The number of carbonyl (C=O) groups is 1. The number of nitrogens with zero attached hydrogens (tertiary/aromatic N) is 2. The van der Waals surface area contributed by atoms with E-state index < -0.39 is 0 Å². The monoisotopic (exact) mass is 321 g/mol. The zero-order chi connectivity index (χ0) is 16.7. The number of nitrogens with one attached hydrogen (secondary N) is 3. The third kappa shape index (κ3) is 6.40. The van der Waals surface area contributed by atoms with Crippen LogP contribution in [-0.2, 0) is 9.53 Å². The molecule has 1 saturated heterocycles. The van der Waals surface area contributed by atoms with Gasteiger partial charge in [0.25, 0.3) is 0 Å². The normalized spacial score (nSPS) is 16.6. The summed E-state index contributed by atoms with van der Waals surface area (Å²) in [6, 6.07) is 1.87. The highest BCUT2D eigenvalue weighted by Crippen LogP contribution is 2.18. The van der Waals surface area contributed by atoms with E-state index >= 15 is 0 Å². The van der Waals surface area contributed by atoms with Crippen molar-refractivity contribution in [2.45, 2.75) is 40.0 Å². The highest BCUT2D eigenvalue weighted by Gasteiger charge is 2.18. The summed E-state index contributed by atoms with van der Waals surface area (Å²) in [4.78, 5) is 16.4. The van der Waals surface area contributed by atoms with Gasteiger partial charge in [-0.3, -0.25) is 9.89 Å². The third-order valence-electron chi connectivity index (χ3n) is 3.67. The second-order valence-corrected chi connectivity index (χ2v) is 6.45. The van der Waals surface area contributed by atoms with Crippen LogP contribution in [0.4, 0.5) is 5.82 Å². The Morgan fingerprint density at radius 3 is 2.83 bits per heavy atom. The number of ether oxygens (including phenoxy) is 1. The lowest BCUT2D eigenvalue weighted by atomic mass is 9.96. The number of carbonyl (C=O) groups excluding carboxylic acids is 1. The highest BCUT2D eigenvalue weighted by molar-refractivity contribution is 6.00. The van der Waals surface area contributed by atoms with Crippen molar-refractivity contribution in [3.63, 3.8) is 0 Å². The van der Waals surface area contributed by atoms with Crippen LogP contribution in [-0.4, -0.2) is 41.8 Å². The van der Waals surface area contributed by atoms with Crippen LogP contribution in [0.2, 0.25) is 0 Å².